The zero-order valence-electron chi connectivity index (χ0n) is 23.2. The van der Waals surface area contributed by atoms with Crippen molar-refractivity contribution in [3.8, 4) is 11.1 Å². The molecule has 0 nitrogen and oxygen atoms in total. The molecule has 1 atom stereocenters. The quantitative estimate of drug-likeness (QED) is 0.190. The van der Waals surface area contributed by atoms with Gasteiger partial charge < -0.3 is 0 Å². The van der Waals surface area contributed by atoms with Gasteiger partial charge in [0, 0.05) is 11.3 Å². The molecule has 0 spiro atoms. The minimum Gasteiger partial charge on any atom is -0.0798 e. The molecule has 0 amide bonds. The Balaban J connectivity index is 1.66. The van der Waals surface area contributed by atoms with Crippen LogP contribution in [0.2, 0.25) is 0 Å². The van der Waals surface area contributed by atoms with Gasteiger partial charge in [-0.15, -0.1) is 0 Å². The van der Waals surface area contributed by atoms with Crippen LogP contribution in [0.3, 0.4) is 0 Å². The second-order valence-electron chi connectivity index (χ2n) is 11.7. The second kappa shape index (κ2) is 12.4. The first-order valence-electron chi connectivity index (χ1n) is 15.0. The first-order chi connectivity index (χ1) is 17.1. The highest BCUT2D eigenvalue weighted by molar-refractivity contribution is 5.78. The van der Waals surface area contributed by atoms with E-state index in [1.54, 1.807) is 16.7 Å². The number of fused-ring (bicyclic) bond motifs is 4. The molecule has 0 heterocycles. The molecular weight excluding hydrogens is 420 g/mol. The molecule has 2 aromatic rings. The number of hydrogen-bond acceptors (Lipinski definition) is 0. The molecule has 0 fully saturated rings. The summed E-state index contributed by atoms with van der Waals surface area (Å²) in [6, 6.07) is 12.0. The highest BCUT2D eigenvalue weighted by Crippen LogP contribution is 2.51. The van der Waals surface area contributed by atoms with Gasteiger partial charge >= 0.3 is 0 Å². The van der Waals surface area contributed by atoms with Crippen LogP contribution >= 0.6 is 0 Å². The van der Waals surface area contributed by atoms with Gasteiger partial charge in [0.15, 0.2) is 0 Å². The lowest BCUT2D eigenvalue weighted by Crippen LogP contribution is -2.27. The molecule has 2 aromatic carbocycles. The smallest absolute Gasteiger partial charge is 0.0138 e. The number of benzene rings is 2. The topological polar surface area (TPSA) is 0 Å². The van der Waals surface area contributed by atoms with E-state index >= 15 is 0 Å². The molecule has 190 valence electrons. The van der Waals surface area contributed by atoms with Crippen molar-refractivity contribution in [3.05, 3.63) is 70.3 Å². The van der Waals surface area contributed by atoms with Crippen molar-refractivity contribution in [3.63, 3.8) is 0 Å². The minimum atomic E-state index is 0.219. The van der Waals surface area contributed by atoms with E-state index in [-0.39, 0.29) is 5.41 Å². The normalized spacial score (nSPS) is 17.3. The molecule has 0 N–H and O–H groups in total. The van der Waals surface area contributed by atoms with E-state index in [0.717, 1.165) is 0 Å². The second-order valence-corrected chi connectivity index (χ2v) is 11.7. The fourth-order valence-electron chi connectivity index (χ4n) is 7.03. The maximum atomic E-state index is 2.72. The Bertz CT molecular complexity index is 975. The summed E-state index contributed by atoms with van der Waals surface area (Å²) in [5.41, 5.74) is 11.1. The average Bonchev–Trinajstić information content (AvgIpc) is 3.01. The van der Waals surface area contributed by atoms with Gasteiger partial charge in [-0.3, -0.25) is 0 Å². The molecule has 0 aliphatic heterocycles. The highest BCUT2D eigenvalue weighted by atomic mass is 14.4. The van der Waals surface area contributed by atoms with Crippen LogP contribution in [-0.4, -0.2) is 0 Å². The van der Waals surface area contributed by atoms with Gasteiger partial charge in [-0.1, -0.05) is 139 Å². The summed E-state index contributed by atoms with van der Waals surface area (Å²) in [5, 5.41) is 0. The van der Waals surface area contributed by atoms with E-state index in [9.17, 15) is 0 Å². The number of aryl methyl sites for hydroxylation is 2. The first-order valence-corrected chi connectivity index (χ1v) is 15.0. The molecule has 1 unspecified atom stereocenters. The van der Waals surface area contributed by atoms with Gasteiger partial charge in [-0.2, -0.15) is 0 Å². The summed E-state index contributed by atoms with van der Waals surface area (Å²) >= 11 is 0. The average molecular weight is 471 g/mol. The predicted octanol–water partition coefficient (Wildman–Crippen LogP) is 10.9. The van der Waals surface area contributed by atoms with Gasteiger partial charge in [-0.05, 0) is 66.5 Å². The number of unbranched alkanes of at least 4 members (excludes halogenated alkanes) is 10. The minimum absolute atomic E-state index is 0.219. The van der Waals surface area contributed by atoms with Gasteiger partial charge in [-0.25, -0.2) is 0 Å². The van der Waals surface area contributed by atoms with Crippen LogP contribution in [0.1, 0.15) is 137 Å². The zero-order chi connectivity index (χ0) is 24.7. The number of hydrogen-bond donors (Lipinski definition) is 0. The summed E-state index contributed by atoms with van der Waals surface area (Å²) in [6.07, 6.45) is 25.8. The SMILES string of the molecule is CCCCCCCCC1(CCCCCCCC)C=CC2Cc3c(ccc(C)c31)-c1ccc(C)cc12. The monoisotopic (exact) mass is 470 g/mol. The standard InChI is InChI=1S/C35H50/c1-5-7-9-11-13-15-22-35(23-16-14-12-10-8-6-2)24-21-29-26-33-31(20-18-28(4)34(33)35)30-19-17-27(3)25-32(29)30/h17-21,24-25,29H,5-16,22-23,26H2,1-4H3. The Morgan fingerprint density at radius 1 is 0.714 bits per heavy atom. The third-order valence-electron chi connectivity index (χ3n) is 8.94. The first kappa shape index (κ1) is 26.2. The van der Waals surface area contributed by atoms with Gasteiger partial charge in [0.1, 0.15) is 0 Å². The zero-order valence-corrected chi connectivity index (χ0v) is 23.2. The van der Waals surface area contributed by atoms with Crippen LogP contribution in [0.15, 0.2) is 42.5 Å². The summed E-state index contributed by atoms with van der Waals surface area (Å²) in [7, 11) is 0. The predicted molar refractivity (Wildman–Crippen MR) is 155 cm³/mol. The molecule has 0 saturated heterocycles. The van der Waals surface area contributed by atoms with E-state index in [4.69, 9.17) is 0 Å². The Labute approximate surface area is 216 Å². The number of rotatable bonds is 14. The fraction of sp³-hybridized carbons (Fsp3) is 0.600. The van der Waals surface area contributed by atoms with E-state index < -0.39 is 0 Å². The molecule has 4 rings (SSSR count). The molecule has 0 saturated carbocycles. The van der Waals surface area contributed by atoms with Crippen molar-refractivity contribution in [2.75, 3.05) is 0 Å². The molecule has 0 radical (unpaired) electrons. The van der Waals surface area contributed by atoms with Crippen LogP contribution in [0, 0.1) is 13.8 Å². The number of allylic oxidation sites excluding steroid dienone is 2. The van der Waals surface area contributed by atoms with E-state index in [0.29, 0.717) is 5.92 Å². The largest absolute Gasteiger partial charge is 0.0798 e. The Hall–Kier alpha value is -1.82. The highest BCUT2D eigenvalue weighted by Gasteiger charge is 2.38. The van der Waals surface area contributed by atoms with Crippen molar-refractivity contribution in [1.82, 2.24) is 0 Å². The van der Waals surface area contributed by atoms with Gasteiger partial charge in [0.2, 0.25) is 0 Å². The summed E-state index contributed by atoms with van der Waals surface area (Å²) in [6.45, 7) is 9.28. The van der Waals surface area contributed by atoms with Gasteiger partial charge in [0.25, 0.3) is 0 Å². The van der Waals surface area contributed by atoms with Crippen molar-refractivity contribution < 1.29 is 0 Å². The summed E-state index contributed by atoms with van der Waals surface area (Å²) < 4.78 is 0. The van der Waals surface area contributed by atoms with E-state index in [2.05, 4.69) is 70.2 Å². The molecule has 0 aromatic heterocycles. The van der Waals surface area contributed by atoms with Crippen LogP contribution in [0.4, 0.5) is 0 Å². The van der Waals surface area contributed by atoms with Crippen LogP contribution in [0.25, 0.3) is 11.1 Å². The van der Waals surface area contributed by atoms with E-state index in [1.807, 2.05) is 0 Å². The molecule has 35 heavy (non-hydrogen) atoms. The molecule has 2 aliphatic carbocycles. The van der Waals surface area contributed by atoms with Crippen molar-refractivity contribution in [2.45, 2.75) is 135 Å². The van der Waals surface area contributed by atoms with Crippen LogP contribution in [-0.2, 0) is 11.8 Å². The third-order valence-corrected chi connectivity index (χ3v) is 8.94. The lowest BCUT2D eigenvalue weighted by atomic mass is 9.68. The Morgan fingerprint density at radius 2 is 1.31 bits per heavy atom. The molecule has 2 bridgehead atoms. The van der Waals surface area contributed by atoms with E-state index in [1.165, 1.54) is 119 Å². The van der Waals surface area contributed by atoms with Crippen molar-refractivity contribution >= 4 is 0 Å². The maximum absolute atomic E-state index is 2.72. The lowest BCUT2D eigenvalue weighted by molar-refractivity contribution is 0.400. The van der Waals surface area contributed by atoms with Crippen molar-refractivity contribution in [2.24, 2.45) is 0 Å². The maximum Gasteiger partial charge on any atom is 0.0138 e. The fourth-order valence-corrected chi connectivity index (χ4v) is 7.03. The lowest BCUT2D eigenvalue weighted by Gasteiger charge is -2.36. The summed E-state index contributed by atoms with van der Waals surface area (Å²) in [5.74, 6) is 0.536. The molecule has 2 aliphatic rings. The van der Waals surface area contributed by atoms with Crippen LogP contribution in [0.5, 0.6) is 0 Å². The Morgan fingerprint density at radius 3 is 1.97 bits per heavy atom. The van der Waals surface area contributed by atoms with Crippen LogP contribution < -0.4 is 0 Å². The Kier molecular flexibility index (Phi) is 9.32. The molecule has 0 heteroatoms. The van der Waals surface area contributed by atoms with Crippen molar-refractivity contribution in [1.29, 1.82) is 0 Å². The molecular formula is C35H50. The third kappa shape index (κ3) is 5.95. The van der Waals surface area contributed by atoms with Gasteiger partial charge in [0.05, 0.1) is 0 Å². The summed E-state index contributed by atoms with van der Waals surface area (Å²) in [4.78, 5) is 0.